The molecular formula is C12H18FNO4S. The van der Waals surface area contributed by atoms with Crippen LogP contribution in [-0.4, -0.2) is 37.4 Å². The number of rotatable bonds is 6. The highest BCUT2D eigenvalue weighted by Crippen LogP contribution is 2.20. The van der Waals surface area contributed by atoms with Crippen molar-refractivity contribution in [3.8, 4) is 0 Å². The minimum Gasteiger partial charge on any atom is -0.394 e. The first-order valence-corrected chi connectivity index (χ1v) is 7.30. The summed E-state index contributed by atoms with van der Waals surface area (Å²) in [5.74, 6) is -0.666. The van der Waals surface area contributed by atoms with Gasteiger partial charge in [-0.15, -0.1) is 0 Å². The number of nitrogens with one attached hydrogen (secondary N) is 1. The van der Waals surface area contributed by atoms with Crippen LogP contribution in [0.5, 0.6) is 0 Å². The van der Waals surface area contributed by atoms with Gasteiger partial charge in [0, 0.05) is 0 Å². The molecule has 0 saturated heterocycles. The summed E-state index contributed by atoms with van der Waals surface area (Å²) < 4.78 is 39.8. The largest absolute Gasteiger partial charge is 0.394 e. The quantitative estimate of drug-likeness (QED) is 0.714. The summed E-state index contributed by atoms with van der Waals surface area (Å²) in [7, 11) is -4.02. The molecule has 0 heterocycles. The Kier molecular flexibility index (Phi) is 5.03. The van der Waals surface area contributed by atoms with Crippen LogP contribution in [0.2, 0.25) is 0 Å². The lowest BCUT2D eigenvalue weighted by Gasteiger charge is -2.29. The number of sulfonamides is 1. The second-order valence-electron chi connectivity index (χ2n) is 4.47. The fourth-order valence-corrected chi connectivity index (χ4v) is 3.33. The van der Waals surface area contributed by atoms with E-state index in [0.29, 0.717) is 5.56 Å². The normalized spacial score (nSPS) is 12.7. The molecule has 7 heteroatoms. The number of benzene rings is 1. The number of hydrogen-bond acceptors (Lipinski definition) is 4. The van der Waals surface area contributed by atoms with Crippen molar-refractivity contribution < 1.29 is 23.0 Å². The third-order valence-electron chi connectivity index (χ3n) is 3.07. The number of hydrogen-bond donors (Lipinski definition) is 3. The van der Waals surface area contributed by atoms with Crippen molar-refractivity contribution in [1.29, 1.82) is 0 Å². The van der Waals surface area contributed by atoms with Gasteiger partial charge in [0.15, 0.2) is 0 Å². The summed E-state index contributed by atoms with van der Waals surface area (Å²) in [6.45, 7) is 2.08. The highest BCUT2D eigenvalue weighted by Gasteiger charge is 2.33. The van der Waals surface area contributed by atoms with Gasteiger partial charge in [0.2, 0.25) is 10.0 Å². The average molecular weight is 291 g/mol. The van der Waals surface area contributed by atoms with E-state index in [9.17, 15) is 23.0 Å². The van der Waals surface area contributed by atoms with Crippen LogP contribution in [0.4, 0.5) is 4.39 Å². The fourth-order valence-electron chi connectivity index (χ4n) is 1.61. The Balaban J connectivity index is 3.21. The van der Waals surface area contributed by atoms with Crippen LogP contribution >= 0.6 is 0 Å². The van der Waals surface area contributed by atoms with Gasteiger partial charge >= 0.3 is 0 Å². The lowest BCUT2D eigenvalue weighted by molar-refractivity contribution is 0.105. The number of aliphatic hydroxyl groups is 2. The molecule has 5 nitrogen and oxygen atoms in total. The third-order valence-corrected chi connectivity index (χ3v) is 4.79. The minimum atomic E-state index is -4.02. The average Bonchev–Trinajstić information content (AvgIpc) is 2.39. The lowest BCUT2D eigenvalue weighted by atomic mass is 10.0. The Hall–Kier alpha value is -1.02. The van der Waals surface area contributed by atoms with Gasteiger partial charge in [-0.1, -0.05) is 13.0 Å². The van der Waals surface area contributed by atoms with E-state index in [1.165, 1.54) is 12.1 Å². The van der Waals surface area contributed by atoms with E-state index in [1.54, 1.807) is 13.8 Å². The van der Waals surface area contributed by atoms with Gasteiger partial charge in [-0.2, -0.15) is 0 Å². The van der Waals surface area contributed by atoms with Crippen LogP contribution in [0, 0.1) is 12.7 Å². The van der Waals surface area contributed by atoms with Crippen LogP contribution in [0.1, 0.15) is 18.9 Å². The smallest absolute Gasteiger partial charge is 0.241 e. The molecule has 1 aromatic rings. The van der Waals surface area contributed by atoms with Crippen molar-refractivity contribution in [2.75, 3.05) is 13.2 Å². The molecule has 0 unspecified atom stereocenters. The first-order chi connectivity index (χ1) is 8.80. The molecule has 0 atom stereocenters. The van der Waals surface area contributed by atoms with E-state index < -0.39 is 34.6 Å². The predicted octanol–water partition coefficient (Wildman–Crippen LogP) is 0.546. The number of aryl methyl sites for hydroxylation is 1. The zero-order valence-corrected chi connectivity index (χ0v) is 11.7. The summed E-state index contributed by atoms with van der Waals surface area (Å²) in [5, 5.41) is 18.5. The van der Waals surface area contributed by atoms with Crippen molar-refractivity contribution in [2.24, 2.45) is 0 Å². The maximum absolute atomic E-state index is 13.2. The molecule has 0 saturated carbocycles. The number of halogens is 1. The van der Waals surface area contributed by atoms with Crippen LogP contribution < -0.4 is 4.72 Å². The molecule has 0 spiro atoms. The van der Waals surface area contributed by atoms with E-state index in [4.69, 9.17) is 0 Å². The Morgan fingerprint density at radius 1 is 1.32 bits per heavy atom. The van der Waals surface area contributed by atoms with Gasteiger partial charge in [0.25, 0.3) is 0 Å². The Morgan fingerprint density at radius 3 is 2.37 bits per heavy atom. The Labute approximate surface area is 112 Å². The predicted molar refractivity (Wildman–Crippen MR) is 68.7 cm³/mol. The summed E-state index contributed by atoms with van der Waals surface area (Å²) in [5.41, 5.74) is -0.966. The fraction of sp³-hybridized carbons (Fsp3) is 0.500. The van der Waals surface area contributed by atoms with Crippen molar-refractivity contribution in [1.82, 2.24) is 4.72 Å². The standard InChI is InChI=1S/C12H18FNO4S/c1-3-12(7-15,8-16)14-19(17,18)11-6-10(13)5-4-9(11)2/h4-6,14-16H,3,7-8H2,1-2H3. The molecule has 0 bridgehead atoms. The molecule has 0 fully saturated rings. The second kappa shape index (κ2) is 5.96. The van der Waals surface area contributed by atoms with Gasteiger partial charge < -0.3 is 10.2 Å². The maximum Gasteiger partial charge on any atom is 0.241 e. The second-order valence-corrected chi connectivity index (χ2v) is 6.12. The first-order valence-electron chi connectivity index (χ1n) is 5.82. The molecule has 0 amide bonds. The topological polar surface area (TPSA) is 86.6 Å². The molecule has 0 aromatic heterocycles. The van der Waals surface area contributed by atoms with E-state index in [2.05, 4.69) is 4.72 Å². The summed E-state index contributed by atoms with van der Waals surface area (Å²) in [6, 6.07) is 3.43. The molecule has 108 valence electrons. The molecule has 0 radical (unpaired) electrons. The molecule has 0 aliphatic rings. The number of aliphatic hydroxyl groups excluding tert-OH is 2. The van der Waals surface area contributed by atoms with Gasteiger partial charge in [-0.25, -0.2) is 17.5 Å². The van der Waals surface area contributed by atoms with Crippen LogP contribution in [0.15, 0.2) is 23.1 Å². The first kappa shape index (κ1) is 16.0. The lowest BCUT2D eigenvalue weighted by Crippen LogP contribution is -2.53. The maximum atomic E-state index is 13.2. The van der Waals surface area contributed by atoms with E-state index in [0.717, 1.165) is 6.07 Å². The summed E-state index contributed by atoms with van der Waals surface area (Å²) >= 11 is 0. The Bertz CT molecular complexity index is 532. The van der Waals surface area contributed by atoms with Crippen molar-refractivity contribution >= 4 is 10.0 Å². The Morgan fingerprint density at radius 2 is 1.89 bits per heavy atom. The van der Waals surface area contributed by atoms with Crippen molar-refractivity contribution in [2.45, 2.75) is 30.7 Å². The van der Waals surface area contributed by atoms with E-state index >= 15 is 0 Å². The highest BCUT2D eigenvalue weighted by molar-refractivity contribution is 7.89. The van der Waals surface area contributed by atoms with Crippen LogP contribution in [0.3, 0.4) is 0 Å². The van der Waals surface area contributed by atoms with E-state index in [1.807, 2.05) is 0 Å². The zero-order valence-electron chi connectivity index (χ0n) is 10.9. The van der Waals surface area contributed by atoms with Crippen LogP contribution in [0.25, 0.3) is 0 Å². The van der Waals surface area contributed by atoms with Gasteiger partial charge in [0.05, 0.1) is 23.6 Å². The molecular weight excluding hydrogens is 273 g/mol. The van der Waals surface area contributed by atoms with E-state index in [-0.39, 0.29) is 11.3 Å². The summed E-state index contributed by atoms with van der Waals surface area (Å²) in [4.78, 5) is -0.202. The SMILES string of the molecule is CCC(CO)(CO)NS(=O)(=O)c1cc(F)ccc1C. The van der Waals surface area contributed by atoms with Gasteiger partial charge in [0.1, 0.15) is 5.82 Å². The molecule has 19 heavy (non-hydrogen) atoms. The zero-order chi connectivity index (χ0) is 14.7. The van der Waals surface area contributed by atoms with Crippen molar-refractivity contribution in [3.05, 3.63) is 29.6 Å². The summed E-state index contributed by atoms with van der Waals surface area (Å²) in [6.07, 6.45) is 0.202. The van der Waals surface area contributed by atoms with Gasteiger partial charge in [-0.3, -0.25) is 0 Å². The highest BCUT2D eigenvalue weighted by atomic mass is 32.2. The van der Waals surface area contributed by atoms with Crippen LogP contribution in [-0.2, 0) is 10.0 Å². The third kappa shape index (κ3) is 3.50. The minimum absolute atomic E-state index is 0.202. The molecule has 1 rings (SSSR count). The molecule has 3 N–H and O–H groups in total. The molecule has 0 aliphatic carbocycles. The monoisotopic (exact) mass is 291 g/mol. The van der Waals surface area contributed by atoms with Gasteiger partial charge in [-0.05, 0) is 31.0 Å². The molecule has 0 aliphatic heterocycles. The van der Waals surface area contributed by atoms with Crippen molar-refractivity contribution in [3.63, 3.8) is 0 Å². The molecule has 1 aromatic carbocycles.